The third-order valence-corrected chi connectivity index (χ3v) is 4.62. The largest absolute Gasteiger partial charge is 0.397 e. The molecule has 0 saturated heterocycles. The fraction of sp³-hybridized carbons (Fsp3) is 0.500. The van der Waals surface area contributed by atoms with Gasteiger partial charge in [0, 0.05) is 13.1 Å². The predicted octanol–water partition coefficient (Wildman–Crippen LogP) is 1.41. The first kappa shape index (κ1) is 14.8. The molecule has 1 rings (SSSR count). The zero-order valence-electron chi connectivity index (χ0n) is 11.3. The lowest BCUT2D eigenvalue weighted by Crippen LogP contribution is -2.29. The highest BCUT2D eigenvalue weighted by Crippen LogP contribution is 2.27. The van der Waals surface area contributed by atoms with Gasteiger partial charge >= 0.3 is 0 Å². The number of rotatable bonds is 5. The Bertz CT molecular complexity index is 514. The summed E-state index contributed by atoms with van der Waals surface area (Å²) >= 11 is 0. The molecule has 1 unspecified atom stereocenters. The Labute approximate surface area is 109 Å². The fourth-order valence-corrected chi connectivity index (χ4v) is 2.42. The molecule has 0 spiro atoms. The first-order valence-electron chi connectivity index (χ1n) is 5.89. The van der Waals surface area contributed by atoms with Crippen LogP contribution in [0.2, 0.25) is 0 Å². The second-order valence-electron chi connectivity index (χ2n) is 4.30. The lowest BCUT2D eigenvalue weighted by Gasteiger charge is -2.27. The molecule has 3 N–H and O–H groups in total. The van der Waals surface area contributed by atoms with Gasteiger partial charge in [-0.3, -0.25) is 0 Å². The zero-order valence-corrected chi connectivity index (χ0v) is 12.1. The van der Waals surface area contributed by atoms with Crippen molar-refractivity contribution in [3.05, 3.63) is 18.2 Å². The van der Waals surface area contributed by atoms with Gasteiger partial charge in [-0.1, -0.05) is 6.92 Å². The number of hydrogen-bond acceptors (Lipinski definition) is 4. The van der Waals surface area contributed by atoms with E-state index in [1.165, 1.54) is 13.1 Å². The molecule has 0 fully saturated rings. The molecule has 6 heteroatoms. The molecule has 1 aromatic rings. The summed E-state index contributed by atoms with van der Waals surface area (Å²) < 4.78 is 25.6. The van der Waals surface area contributed by atoms with Gasteiger partial charge in [0.2, 0.25) is 10.0 Å². The van der Waals surface area contributed by atoms with Crippen LogP contribution in [0, 0.1) is 0 Å². The summed E-state index contributed by atoms with van der Waals surface area (Å²) in [5, 5.41) is 0. The normalized spacial score (nSPS) is 13.3. The van der Waals surface area contributed by atoms with Gasteiger partial charge in [-0.25, -0.2) is 13.1 Å². The molecule has 5 nitrogen and oxygen atoms in total. The van der Waals surface area contributed by atoms with Gasteiger partial charge in [0.1, 0.15) is 0 Å². The van der Waals surface area contributed by atoms with Crippen LogP contribution < -0.4 is 15.4 Å². The Balaban J connectivity index is 3.15. The van der Waals surface area contributed by atoms with E-state index in [2.05, 4.69) is 18.6 Å². The van der Waals surface area contributed by atoms with Crippen molar-refractivity contribution < 1.29 is 8.42 Å². The first-order valence-corrected chi connectivity index (χ1v) is 7.37. The van der Waals surface area contributed by atoms with E-state index in [4.69, 9.17) is 5.73 Å². The number of hydrogen-bond donors (Lipinski definition) is 2. The molecule has 0 aromatic heterocycles. The standard InChI is InChI=1S/C12H21N3O2S/c1-5-9(2)15(4)12-7-6-10(8-11(12)13)18(16,17)14-3/h6-9,14H,5,13H2,1-4H3. The molecule has 1 atom stereocenters. The smallest absolute Gasteiger partial charge is 0.240 e. The number of nitrogen functional groups attached to an aromatic ring is 1. The van der Waals surface area contributed by atoms with Crippen LogP contribution in [0.1, 0.15) is 20.3 Å². The zero-order chi connectivity index (χ0) is 13.9. The summed E-state index contributed by atoms with van der Waals surface area (Å²) in [4.78, 5) is 2.23. The van der Waals surface area contributed by atoms with E-state index in [9.17, 15) is 8.42 Å². The van der Waals surface area contributed by atoms with E-state index < -0.39 is 10.0 Å². The predicted molar refractivity (Wildman–Crippen MR) is 75.3 cm³/mol. The maximum atomic E-state index is 11.6. The third-order valence-electron chi connectivity index (χ3n) is 3.21. The number of benzene rings is 1. The Morgan fingerprint density at radius 1 is 1.44 bits per heavy atom. The van der Waals surface area contributed by atoms with Crippen molar-refractivity contribution in [1.29, 1.82) is 0 Å². The fourth-order valence-electron chi connectivity index (χ4n) is 1.65. The van der Waals surface area contributed by atoms with Crippen LogP contribution >= 0.6 is 0 Å². The Hall–Kier alpha value is -1.27. The number of nitrogens with one attached hydrogen (secondary N) is 1. The summed E-state index contributed by atoms with van der Waals surface area (Å²) in [5.74, 6) is 0. The van der Waals surface area contributed by atoms with Gasteiger partial charge in [-0.15, -0.1) is 0 Å². The van der Waals surface area contributed by atoms with Crippen molar-refractivity contribution in [3.8, 4) is 0 Å². The molecule has 0 aliphatic carbocycles. The lowest BCUT2D eigenvalue weighted by atomic mass is 10.2. The van der Waals surface area contributed by atoms with Crippen LogP contribution in [-0.4, -0.2) is 28.6 Å². The number of sulfonamides is 1. The van der Waals surface area contributed by atoms with Crippen molar-refractivity contribution in [2.24, 2.45) is 0 Å². The molecule has 102 valence electrons. The molecule has 0 heterocycles. The minimum Gasteiger partial charge on any atom is -0.397 e. The van der Waals surface area contributed by atoms with E-state index in [1.54, 1.807) is 12.1 Å². The monoisotopic (exact) mass is 271 g/mol. The van der Waals surface area contributed by atoms with Crippen LogP contribution in [0.3, 0.4) is 0 Å². The first-order chi connectivity index (χ1) is 8.33. The van der Waals surface area contributed by atoms with Crippen LogP contribution in [0.15, 0.2) is 23.1 Å². The van der Waals surface area contributed by atoms with Gasteiger partial charge in [0.05, 0.1) is 16.3 Å². The SMILES string of the molecule is CCC(C)N(C)c1ccc(S(=O)(=O)NC)cc1N. The van der Waals surface area contributed by atoms with Gasteiger partial charge in [-0.2, -0.15) is 0 Å². The third kappa shape index (κ3) is 2.94. The maximum absolute atomic E-state index is 11.6. The number of anilines is 2. The summed E-state index contributed by atoms with van der Waals surface area (Å²) in [7, 11) is -0.107. The van der Waals surface area contributed by atoms with E-state index >= 15 is 0 Å². The Morgan fingerprint density at radius 2 is 2.06 bits per heavy atom. The van der Waals surface area contributed by atoms with Crippen LogP contribution in [-0.2, 0) is 10.0 Å². The minimum atomic E-state index is -3.44. The highest BCUT2D eigenvalue weighted by Gasteiger charge is 2.16. The molecule has 0 radical (unpaired) electrons. The van der Waals surface area contributed by atoms with Crippen molar-refractivity contribution in [3.63, 3.8) is 0 Å². The van der Waals surface area contributed by atoms with Crippen LogP contribution in [0.4, 0.5) is 11.4 Å². The molecular formula is C12H21N3O2S. The van der Waals surface area contributed by atoms with Crippen molar-refractivity contribution in [1.82, 2.24) is 4.72 Å². The molecular weight excluding hydrogens is 250 g/mol. The molecule has 0 aliphatic heterocycles. The minimum absolute atomic E-state index is 0.184. The maximum Gasteiger partial charge on any atom is 0.240 e. The highest BCUT2D eigenvalue weighted by atomic mass is 32.2. The van der Waals surface area contributed by atoms with E-state index in [-0.39, 0.29) is 4.90 Å². The molecule has 0 bridgehead atoms. The van der Waals surface area contributed by atoms with Gasteiger partial charge in [-0.05, 0) is 38.6 Å². The summed E-state index contributed by atoms with van der Waals surface area (Å²) in [6.07, 6.45) is 0.993. The average molecular weight is 271 g/mol. The quantitative estimate of drug-likeness (QED) is 0.794. The Morgan fingerprint density at radius 3 is 2.50 bits per heavy atom. The van der Waals surface area contributed by atoms with E-state index in [1.807, 2.05) is 11.9 Å². The Kier molecular flexibility index (Phi) is 4.59. The summed E-state index contributed by atoms with van der Waals surface area (Å²) in [6.45, 7) is 4.19. The van der Waals surface area contributed by atoms with Crippen LogP contribution in [0.5, 0.6) is 0 Å². The van der Waals surface area contributed by atoms with Crippen molar-refractivity contribution in [2.75, 3.05) is 24.7 Å². The lowest BCUT2D eigenvalue weighted by molar-refractivity contribution is 0.588. The summed E-state index contributed by atoms with van der Waals surface area (Å²) in [5.41, 5.74) is 7.25. The average Bonchev–Trinajstić information content (AvgIpc) is 2.36. The second-order valence-corrected chi connectivity index (χ2v) is 6.18. The molecule has 0 amide bonds. The topological polar surface area (TPSA) is 75.4 Å². The van der Waals surface area contributed by atoms with Gasteiger partial charge in [0.15, 0.2) is 0 Å². The van der Waals surface area contributed by atoms with Gasteiger partial charge in [0.25, 0.3) is 0 Å². The summed E-state index contributed by atoms with van der Waals surface area (Å²) in [6, 6.07) is 5.14. The van der Waals surface area contributed by atoms with Crippen LogP contribution in [0.25, 0.3) is 0 Å². The second kappa shape index (κ2) is 5.58. The van der Waals surface area contributed by atoms with Crippen molar-refractivity contribution >= 4 is 21.4 Å². The number of nitrogens with zero attached hydrogens (tertiary/aromatic N) is 1. The van der Waals surface area contributed by atoms with E-state index in [0.29, 0.717) is 11.7 Å². The molecule has 18 heavy (non-hydrogen) atoms. The number of nitrogens with two attached hydrogens (primary N) is 1. The van der Waals surface area contributed by atoms with E-state index in [0.717, 1.165) is 12.1 Å². The van der Waals surface area contributed by atoms with Gasteiger partial charge < -0.3 is 10.6 Å². The van der Waals surface area contributed by atoms with Crippen molar-refractivity contribution in [2.45, 2.75) is 31.2 Å². The highest BCUT2D eigenvalue weighted by molar-refractivity contribution is 7.89. The molecule has 1 aromatic carbocycles. The molecule has 0 saturated carbocycles. The molecule has 0 aliphatic rings.